The van der Waals surface area contributed by atoms with E-state index < -0.39 is 12.6 Å². The van der Waals surface area contributed by atoms with Crippen molar-refractivity contribution >= 4 is 35.0 Å². The van der Waals surface area contributed by atoms with Crippen LogP contribution in [-0.4, -0.2) is 23.5 Å². The molecule has 0 bridgehead atoms. The van der Waals surface area contributed by atoms with Gasteiger partial charge in [0.1, 0.15) is 10.8 Å². The Bertz CT molecular complexity index is 569. The number of carbonyl (C=O) groups excluding carboxylic acids is 1. The molecule has 0 amide bonds. The van der Waals surface area contributed by atoms with Crippen LogP contribution in [0.3, 0.4) is 0 Å². The van der Waals surface area contributed by atoms with E-state index in [2.05, 4.69) is 0 Å². The number of benzene rings is 1. The smallest absolute Gasteiger partial charge is 0.341 e. The Morgan fingerprint density at radius 1 is 1.45 bits per heavy atom. The number of rotatable bonds is 5. The van der Waals surface area contributed by atoms with E-state index in [1.165, 1.54) is 0 Å². The number of carboxylic acids is 1. The molecular formula is C14H14Cl2O4. The first-order valence-corrected chi connectivity index (χ1v) is 7.11. The molecule has 4 nitrogen and oxygen atoms in total. The van der Waals surface area contributed by atoms with Crippen molar-refractivity contribution in [1.29, 1.82) is 0 Å². The van der Waals surface area contributed by atoms with Gasteiger partial charge in [0, 0.05) is 11.5 Å². The zero-order valence-corrected chi connectivity index (χ0v) is 12.4. The Labute approximate surface area is 126 Å². The van der Waals surface area contributed by atoms with Crippen LogP contribution in [0.25, 0.3) is 0 Å². The van der Waals surface area contributed by atoms with E-state index in [4.69, 9.17) is 33.0 Å². The van der Waals surface area contributed by atoms with Gasteiger partial charge in [-0.25, -0.2) is 4.79 Å². The van der Waals surface area contributed by atoms with Gasteiger partial charge in [-0.15, -0.1) is 0 Å². The number of fused-ring (bicyclic) bond motifs is 1. The predicted octanol–water partition coefficient (Wildman–Crippen LogP) is 3.61. The molecule has 1 aromatic rings. The molecular weight excluding hydrogens is 303 g/mol. The summed E-state index contributed by atoms with van der Waals surface area (Å²) >= 11 is 12.2. The molecule has 0 aliphatic heterocycles. The van der Waals surface area contributed by atoms with Gasteiger partial charge in [0.05, 0.1) is 5.02 Å². The van der Waals surface area contributed by atoms with E-state index in [0.717, 1.165) is 18.4 Å². The van der Waals surface area contributed by atoms with E-state index >= 15 is 0 Å². The van der Waals surface area contributed by atoms with Gasteiger partial charge < -0.3 is 9.84 Å². The van der Waals surface area contributed by atoms with Crippen molar-refractivity contribution in [2.45, 2.75) is 26.2 Å². The molecule has 0 fully saturated rings. The van der Waals surface area contributed by atoms with Gasteiger partial charge >= 0.3 is 5.97 Å². The van der Waals surface area contributed by atoms with Crippen LogP contribution in [0.5, 0.6) is 5.75 Å². The highest BCUT2D eigenvalue weighted by molar-refractivity contribution is 6.45. The first kappa shape index (κ1) is 15.1. The molecule has 2 rings (SSSR count). The molecule has 0 saturated carbocycles. The van der Waals surface area contributed by atoms with Crippen LogP contribution in [0.2, 0.25) is 10.0 Å². The van der Waals surface area contributed by atoms with E-state index in [0.29, 0.717) is 12.0 Å². The van der Waals surface area contributed by atoms with E-state index in [-0.39, 0.29) is 27.5 Å². The number of Topliss-reactive ketones (excluding diaryl/α,β-unsaturated/α-hetero) is 1. The molecule has 0 heterocycles. The minimum atomic E-state index is -1.10. The van der Waals surface area contributed by atoms with Crippen molar-refractivity contribution < 1.29 is 19.4 Å². The van der Waals surface area contributed by atoms with Crippen LogP contribution in [0.1, 0.15) is 35.7 Å². The second-order valence-corrected chi connectivity index (χ2v) is 5.53. The summed E-state index contributed by atoms with van der Waals surface area (Å²) in [6, 6.07) is 1.63. The van der Waals surface area contributed by atoms with Gasteiger partial charge in [-0.3, -0.25) is 4.79 Å². The number of carbonyl (C=O) groups is 2. The molecule has 6 heteroatoms. The minimum absolute atomic E-state index is 0.0125. The summed E-state index contributed by atoms with van der Waals surface area (Å²) in [4.78, 5) is 22.8. The summed E-state index contributed by atoms with van der Waals surface area (Å²) in [5.74, 6) is -0.947. The summed E-state index contributed by atoms with van der Waals surface area (Å²) < 4.78 is 5.11. The van der Waals surface area contributed by atoms with E-state index in [1.54, 1.807) is 6.07 Å². The third-order valence-corrected chi connectivity index (χ3v) is 4.18. The van der Waals surface area contributed by atoms with Crippen molar-refractivity contribution in [3.05, 3.63) is 27.2 Å². The summed E-state index contributed by atoms with van der Waals surface area (Å²) in [6.07, 6.45) is 2.31. The second-order valence-electron chi connectivity index (χ2n) is 4.77. The molecule has 1 N–H and O–H groups in total. The molecule has 20 heavy (non-hydrogen) atoms. The Morgan fingerprint density at radius 2 is 2.15 bits per heavy atom. The molecule has 0 spiro atoms. The van der Waals surface area contributed by atoms with E-state index in [1.807, 2.05) is 6.92 Å². The number of ketones is 1. The van der Waals surface area contributed by atoms with E-state index in [9.17, 15) is 9.59 Å². The van der Waals surface area contributed by atoms with Crippen LogP contribution < -0.4 is 4.74 Å². The molecule has 0 saturated heterocycles. The Morgan fingerprint density at radius 3 is 2.75 bits per heavy atom. The predicted molar refractivity (Wildman–Crippen MR) is 76.0 cm³/mol. The zero-order chi connectivity index (χ0) is 14.9. The highest BCUT2D eigenvalue weighted by atomic mass is 35.5. The highest BCUT2D eigenvalue weighted by Gasteiger charge is 2.34. The van der Waals surface area contributed by atoms with Crippen molar-refractivity contribution in [3.8, 4) is 5.75 Å². The van der Waals surface area contributed by atoms with Crippen LogP contribution in [0.4, 0.5) is 0 Å². The quantitative estimate of drug-likeness (QED) is 0.901. The molecule has 0 radical (unpaired) electrons. The van der Waals surface area contributed by atoms with Gasteiger partial charge in [-0.1, -0.05) is 36.5 Å². The van der Waals surface area contributed by atoms with Crippen LogP contribution >= 0.6 is 23.2 Å². The number of hydrogen-bond donors (Lipinski definition) is 1. The molecule has 1 aliphatic carbocycles. The molecule has 0 aromatic heterocycles. The first-order valence-electron chi connectivity index (χ1n) is 6.35. The lowest BCUT2D eigenvalue weighted by atomic mass is 10.00. The van der Waals surface area contributed by atoms with Gasteiger partial charge in [0.2, 0.25) is 0 Å². The third kappa shape index (κ3) is 2.76. The standard InChI is InChI=1S/C14H14Cl2O4/c1-2-3-7-4-8-5-9(20-6-10(17)18)12(15)13(16)11(8)14(7)19/h5,7H,2-4,6H2,1H3,(H,17,18)/t7-/m0/s1. The summed E-state index contributed by atoms with van der Waals surface area (Å²) in [6.45, 7) is 1.52. The fourth-order valence-electron chi connectivity index (χ4n) is 2.47. The summed E-state index contributed by atoms with van der Waals surface area (Å²) in [7, 11) is 0. The largest absolute Gasteiger partial charge is 0.480 e. The first-order chi connectivity index (χ1) is 9.45. The average Bonchev–Trinajstić information content (AvgIpc) is 2.69. The van der Waals surface area contributed by atoms with Gasteiger partial charge in [0.15, 0.2) is 12.4 Å². The van der Waals surface area contributed by atoms with Crippen molar-refractivity contribution in [2.75, 3.05) is 6.61 Å². The lowest BCUT2D eigenvalue weighted by molar-refractivity contribution is -0.139. The molecule has 1 aromatic carbocycles. The number of aliphatic carboxylic acids is 1. The molecule has 0 unspecified atom stereocenters. The fraction of sp³-hybridized carbons (Fsp3) is 0.429. The second kappa shape index (κ2) is 6.02. The topological polar surface area (TPSA) is 63.6 Å². The summed E-state index contributed by atoms with van der Waals surface area (Å²) in [5, 5.41) is 8.88. The van der Waals surface area contributed by atoms with Crippen molar-refractivity contribution in [2.24, 2.45) is 5.92 Å². The SMILES string of the molecule is CCC[C@H]1Cc2cc(OCC(=O)O)c(Cl)c(Cl)c2C1=O. The Kier molecular flexibility index (Phi) is 4.55. The Hall–Kier alpha value is -1.26. The van der Waals surface area contributed by atoms with Gasteiger partial charge in [0.25, 0.3) is 0 Å². The average molecular weight is 317 g/mol. The molecule has 1 aliphatic rings. The molecule has 1 atom stereocenters. The van der Waals surface area contributed by atoms with Crippen molar-refractivity contribution in [1.82, 2.24) is 0 Å². The van der Waals surface area contributed by atoms with Crippen LogP contribution in [0.15, 0.2) is 6.07 Å². The van der Waals surface area contributed by atoms with Gasteiger partial charge in [-0.05, 0) is 24.5 Å². The normalized spacial score (nSPS) is 17.1. The lowest BCUT2D eigenvalue weighted by Crippen LogP contribution is -2.10. The number of halogens is 2. The summed E-state index contributed by atoms with van der Waals surface area (Å²) in [5.41, 5.74) is 1.24. The third-order valence-electron chi connectivity index (χ3n) is 3.33. The minimum Gasteiger partial charge on any atom is -0.480 e. The zero-order valence-electron chi connectivity index (χ0n) is 10.9. The number of hydrogen-bond acceptors (Lipinski definition) is 3. The highest BCUT2D eigenvalue weighted by Crippen LogP contribution is 2.42. The maximum Gasteiger partial charge on any atom is 0.341 e. The van der Waals surface area contributed by atoms with Gasteiger partial charge in [-0.2, -0.15) is 0 Å². The fourth-order valence-corrected chi connectivity index (χ4v) is 2.98. The molecule has 108 valence electrons. The maximum atomic E-state index is 12.3. The maximum absolute atomic E-state index is 12.3. The lowest BCUT2D eigenvalue weighted by Gasteiger charge is -2.10. The van der Waals surface area contributed by atoms with Crippen LogP contribution in [-0.2, 0) is 11.2 Å². The Balaban J connectivity index is 2.35. The number of carboxylic acid groups (broad SMARTS) is 1. The number of ether oxygens (including phenoxy) is 1. The van der Waals surface area contributed by atoms with Crippen molar-refractivity contribution in [3.63, 3.8) is 0 Å². The van der Waals surface area contributed by atoms with Crippen LogP contribution in [0, 0.1) is 5.92 Å². The monoisotopic (exact) mass is 316 g/mol.